The maximum atomic E-state index is 12.7. The first-order valence-electron chi connectivity index (χ1n) is 6.71. The third-order valence-corrected chi connectivity index (χ3v) is 5.97. The van der Waals surface area contributed by atoms with Gasteiger partial charge in [0.15, 0.2) is 0 Å². The Hall–Kier alpha value is -0.930. The first-order valence-corrected chi connectivity index (χ1v) is 8.53. The molecule has 1 aromatic heterocycles. The van der Waals surface area contributed by atoms with Crippen molar-refractivity contribution in [2.45, 2.75) is 10.9 Å². The minimum Gasteiger partial charge on any atom is -0.383 e. The van der Waals surface area contributed by atoms with E-state index in [9.17, 15) is 8.42 Å². The molecular formula is C12H17ClN4O3S. The lowest BCUT2D eigenvalue weighted by molar-refractivity contribution is -0.0304. The Morgan fingerprint density at radius 1 is 1.38 bits per heavy atom. The van der Waals surface area contributed by atoms with Crippen molar-refractivity contribution < 1.29 is 13.2 Å². The topological polar surface area (TPSA) is 88.8 Å². The number of ether oxygens (including phenoxy) is 1. The van der Waals surface area contributed by atoms with E-state index in [-0.39, 0.29) is 21.8 Å². The zero-order valence-corrected chi connectivity index (χ0v) is 13.0. The summed E-state index contributed by atoms with van der Waals surface area (Å²) in [5.41, 5.74) is 5.70. The fourth-order valence-electron chi connectivity index (χ4n) is 2.71. The predicted molar refractivity (Wildman–Crippen MR) is 78.6 cm³/mol. The highest BCUT2D eigenvalue weighted by Gasteiger charge is 2.36. The number of aromatic nitrogens is 1. The summed E-state index contributed by atoms with van der Waals surface area (Å²) >= 11 is 5.84. The normalized spacial score (nSPS) is 24.7. The molecule has 0 radical (unpaired) electrons. The molecule has 1 atom stereocenters. The molecule has 116 valence electrons. The molecule has 21 heavy (non-hydrogen) atoms. The van der Waals surface area contributed by atoms with Crippen LogP contribution in [-0.2, 0) is 14.8 Å². The molecule has 0 saturated carbocycles. The van der Waals surface area contributed by atoms with Gasteiger partial charge in [-0.3, -0.25) is 4.90 Å². The average molecular weight is 333 g/mol. The van der Waals surface area contributed by atoms with Gasteiger partial charge in [-0.25, -0.2) is 13.4 Å². The van der Waals surface area contributed by atoms with E-state index in [0.717, 1.165) is 6.54 Å². The number of nitrogens with zero attached hydrogens (tertiary/aromatic N) is 3. The van der Waals surface area contributed by atoms with Crippen molar-refractivity contribution in [2.75, 3.05) is 45.1 Å². The molecule has 7 nitrogen and oxygen atoms in total. The third-order valence-electron chi connectivity index (χ3n) is 3.87. The number of nitrogen functional groups attached to an aromatic ring is 1. The second-order valence-corrected chi connectivity index (χ2v) is 7.51. The number of anilines is 1. The summed E-state index contributed by atoms with van der Waals surface area (Å²) in [6.45, 7) is 3.63. The van der Waals surface area contributed by atoms with E-state index >= 15 is 0 Å². The maximum Gasteiger partial charge on any atom is 0.246 e. The lowest BCUT2D eigenvalue weighted by atomic mass is 10.2. The van der Waals surface area contributed by atoms with E-state index in [1.165, 1.54) is 16.6 Å². The van der Waals surface area contributed by atoms with Crippen LogP contribution in [0.1, 0.15) is 0 Å². The van der Waals surface area contributed by atoms with E-state index < -0.39 is 10.0 Å². The Kier molecular flexibility index (Phi) is 4.06. The van der Waals surface area contributed by atoms with Crippen LogP contribution >= 0.6 is 11.6 Å². The van der Waals surface area contributed by atoms with E-state index in [1.54, 1.807) is 0 Å². The SMILES string of the molecule is Nc1ncc(Cl)cc1S(=O)(=O)N1CCN2CCOCC2C1. The average Bonchev–Trinajstić information content (AvgIpc) is 2.49. The molecule has 3 rings (SSSR count). The van der Waals surface area contributed by atoms with Crippen LogP contribution in [0.15, 0.2) is 17.2 Å². The second kappa shape index (κ2) is 5.69. The van der Waals surface area contributed by atoms with Gasteiger partial charge >= 0.3 is 0 Å². The third kappa shape index (κ3) is 2.86. The summed E-state index contributed by atoms with van der Waals surface area (Å²) in [6, 6.07) is 1.44. The molecule has 2 fully saturated rings. The van der Waals surface area contributed by atoms with E-state index in [0.29, 0.717) is 32.8 Å². The van der Waals surface area contributed by atoms with Gasteiger partial charge in [0.1, 0.15) is 10.7 Å². The van der Waals surface area contributed by atoms with Crippen molar-refractivity contribution in [1.82, 2.24) is 14.2 Å². The summed E-state index contributed by atoms with van der Waals surface area (Å²) in [4.78, 5) is 6.06. The first-order chi connectivity index (χ1) is 9.98. The predicted octanol–water partition coefficient (Wildman–Crippen LogP) is 0.0223. The fraction of sp³-hybridized carbons (Fsp3) is 0.583. The zero-order valence-electron chi connectivity index (χ0n) is 11.4. The Labute approximate surface area is 128 Å². The van der Waals surface area contributed by atoms with Crippen LogP contribution < -0.4 is 5.73 Å². The minimum atomic E-state index is -3.69. The Morgan fingerprint density at radius 2 is 2.19 bits per heavy atom. The van der Waals surface area contributed by atoms with Crippen molar-refractivity contribution in [3.63, 3.8) is 0 Å². The van der Waals surface area contributed by atoms with Gasteiger partial charge in [0, 0.05) is 38.4 Å². The number of sulfonamides is 1. The number of halogens is 1. The van der Waals surface area contributed by atoms with Gasteiger partial charge in [0.25, 0.3) is 0 Å². The molecule has 2 aliphatic heterocycles. The van der Waals surface area contributed by atoms with Crippen LogP contribution in [0, 0.1) is 0 Å². The van der Waals surface area contributed by atoms with E-state index in [4.69, 9.17) is 22.1 Å². The van der Waals surface area contributed by atoms with E-state index in [1.807, 2.05) is 0 Å². The first kappa shape index (κ1) is 15.0. The molecule has 2 aliphatic rings. The highest BCUT2D eigenvalue weighted by atomic mass is 35.5. The lowest BCUT2D eigenvalue weighted by Crippen LogP contribution is -2.59. The second-order valence-electron chi connectivity index (χ2n) is 5.16. The standard InChI is InChI=1S/C12H17ClN4O3S/c13-9-5-11(12(14)15-6-9)21(18,19)17-2-1-16-3-4-20-8-10(16)7-17/h5-6,10H,1-4,7-8H2,(H2,14,15). The lowest BCUT2D eigenvalue weighted by Gasteiger charge is -2.43. The van der Waals surface area contributed by atoms with Gasteiger partial charge in [0.2, 0.25) is 10.0 Å². The van der Waals surface area contributed by atoms with Gasteiger partial charge in [-0.15, -0.1) is 0 Å². The van der Waals surface area contributed by atoms with Gasteiger partial charge in [0.05, 0.1) is 18.2 Å². The molecule has 0 aromatic carbocycles. The molecule has 0 bridgehead atoms. The van der Waals surface area contributed by atoms with Crippen molar-refractivity contribution in [1.29, 1.82) is 0 Å². The molecule has 1 unspecified atom stereocenters. The number of fused-ring (bicyclic) bond motifs is 1. The maximum absolute atomic E-state index is 12.7. The van der Waals surface area contributed by atoms with E-state index in [2.05, 4.69) is 9.88 Å². The highest BCUT2D eigenvalue weighted by Crippen LogP contribution is 2.26. The number of piperazine rings is 1. The number of hydrogen-bond donors (Lipinski definition) is 1. The largest absolute Gasteiger partial charge is 0.383 e. The van der Waals surface area contributed by atoms with Crippen LogP contribution in [0.4, 0.5) is 5.82 Å². The summed E-state index contributed by atoms with van der Waals surface area (Å²) in [6.07, 6.45) is 1.34. The van der Waals surface area contributed by atoms with Crippen LogP contribution in [0.2, 0.25) is 5.02 Å². The highest BCUT2D eigenvalue weighted by molar-refractivity contribution is 7.89. The fourth-order valence-corrected chi connectivity index (χ4v) is 4.50. The minimum absolute atomic E-state index is 0.0262. The number of rotatable bonds is 2. The van der Waals surface area contributed by atoms with Crippen LogP contribution in [0.5, 0.6) is 0 Å². The van der Waals surface area contributed by atoms with Gasteiger partial charge in [-0.1, -0.05) is 11.6 Å². The molecule has 0 spiro atoms. The number of morpholine rings is 1. The smallest absolute Gasteiger partial charge is 0.246 e. The molecule has 9 heteroatoms. The Bertz CT molecular complexity index is 639. The molecule has 2 N–H and O–H groups in total. The number of pyridine rings is 1. The van der Waals surface area contributed by atoms with Crippen LogP contribution in [-0.4, -0.2) is 68.0 Å². The molecule has 2 saturated heterocycles. The quantitative estimate of drug-likeness (QED) is 0.821. The van der Waals surface area contributed by atoms with Crippen molar-refractivity contribution in [2.24, 2.45) is 0 Å². The summed E-state index contributed by atoms with van der Waals surface area (Å²) in [7, 11) is -3.69. The molecule has 0 aliphatic carbocycles. The van der Waals surface area contributed by atoms with Gasteiger partial charge in [-0.05, 0) is 6.07 Å². The Balaban J connectivity index is 1.86. The Morgan fingerprint density at radius 3 is 3.00 bits per heavy atom. The van der Waals surface area contributed by atoms with Gasteiger partial charge < -0.3 is 10.5 Å². The van der Waals surface area contributed by atoms with Crippen molar-refractivity contribution >= 4 is 27.4 Å². The van der Waals surface area contributed by atoms with Gasteiger partial charge in [-0.2, -0.15) is 4.31 Å². The zero-order chi connectivity index (χ0) is 15.0. The summed E-state index contributed by atoms with van der Waals surface area (Å²) in [5.74, 6) is -0.0262. The number of hydrogen-bond acceptors (Lipinski definition) is 6. The van der Waals surface area contributed by atoms with Crippen molar-refractivity contribution in [3.05, 3.63) is 17.3 Å². The van der Waals surface area contributed by atoms with Crippen LogP contribution in [0.3, 0.4) is 0 Å². The molecule has 3 heterocycles. The monoisotopic (exact) mass is 332 g/mol. The number of nitrogens with two attached hydrogens (primary N) is 1. The van der Waals surface area contributed by atoms with Crippen molar-refractivity contribution in [3.8, 4) is 0 Å². The molecule has 1 aromatic rings. The van der Waals surface area contributed by atoms with Crippen LogP contribution in [0.25, 0.3) is 0 Å². The summed E-state index contributed by atoms with van der Waals surface area (Å²) in [5, 5.41) is 0.252. The summed E-state index contributed by atoms with van der Waals surface area (Å²) < 4.78 is 32.3. The molecular weight excluding hydrogens is 316 g/mol. The molecule has 0 amide bonds.